The summed E-state index contributed by atoms with van der Waals surface area (Å²) in [6, 6.07) is 9.72. The number of hydrogen-bond donors (Lipinski definition) is 0. The molecule has 1 aliphatic carbocycles. The van der Waals surface area contributed by atoms with Crippen molar-refractivity contribution >= 4 is 46.3 Å². The number of carbonyl (C=O) groups is 2. The first-order valence-corrected chi connectivity index (χ1v) is 10.8. The van der Waals surface area contributed by atoms with E-state index in [0.29, 0.717) is 5.02 Å². The van der Waals surface area contributed by atoms with Crippen LogP contribution in [0.4, 0.5) is 0 Å². The van der Waals surface area contributed by atoms with E-state index in [2.05, 4.69) is 0 Å². The fourth-order valence-electron chi connectivity index (χ4n) is 4.66. The first kappa shape index (κ1) is 17.0. The van der Waals surface area contributed by atoms with Gasteiger partial charge in [-0.3, -0.25) is 9.59 Å². The molecule has 0 amide bonds. The van der Waals surface area contributed by atoms with Gasteiger partial charge in [-0.05, 0) is 55.7 Å². The first-order chi connectivity index (χ1) is 12.5. The van der Waals surface area contributed by atoms with Gasteiger partial charge in [0.05, 0.1) is 28.3 Å². The predicted molar refractivity (Wildman–Crippen MR) is 102 cm³/mol. The van der Waals surface area contributed by atoms with Crippen LogP contribution in [0.1, 0.15) is 29.2 Å². The smallest absolute Gasteiger partial charge is 0.154 e. The summed E-state index contributed by atoms with van der Waals surface area (Å²) < 4.78 is 6.93. The standard InChI is InChI=1S/C20H17ClO3S2/c1-9-12(8-15(25-9)26-11-4-2-10(21)3-5-11)16-19(22)17-13-6-7-14(24-13)18(17)20(16)23/h2-5,8,13-14,16-18H,6-7H2,1H3/t13-,14+,16?,17-,18+. The summed E-state index contributed by atoms with van der Waals surface area (Å²) in [4.78, 5) is 28.2. The molecule has 2 bridgehead atoms. The molecule has 1 aromatic heterocycles. The van der Waals surface area contributed by atoms with Crippen LogP contribution in [0.3, 0.4) is 0 Å². The maximum atomic E-state index is 13.0. The number of ether oxygens (including phenoxy) is 1. The Morgan fingerprint density at radius 2 is 1.69 bits per heavy atom. The Bertz CT molecular complexity index is 876. The minimum Gasteiger partial charge on any atom is -0.373 e. The lowest BCUT2D eigenvalue weighted by atomic mass is 9.81. The van der Waals surface area contributed by atoms with Crippen molar-refractivity contribution < 1.29 is 14.3 Å². The molecular formula is C20H17ClO3S2. The van der Waals surface area contributed by atoms with Crippen molar-refractivity contribution in [2.24, 2.45) is 11.8 Å². The van der Waals surface area contributed by atoms with Crippen LogP contribution in [0, 0.1) is 18.8 Å². The molecule has 3 fully saturated rings. The highest BCUT2D eigenvalue weighted by molar-refractivity contribution is 8.01. The van der Waals surface area contributed by atoms with E-state index in [1.54, 1.807) is 23.1 Å². The number of hydrogen-bond acceptors (Lipinski definition) is 5. The number of ketones is 2. The van der Waals surface area contributed by atoms with Gasteiger partial charge < -0.3 is 4.74 Å². The average molecular weight is 405 g/mol. The van der Waals surface area contributed by atoms with E-state index in [0.717, 1.165) is 32.4 Å². The van der Waals surface area contributed by atoms with Gasteiger partial charge in [-0.15, -0.1) is 11.3 Å². The average Bonchev–Trinajstić information content (AvgIpc) is 3.35. The molecule has 2 saturated heterocycles. The molecule has 134 valence electrons. The number of aryl methyl sites for hydroxylation is 1. The summed E-state index contributed by atoms with van der Waals surface area (Å²) in [7, 11) is 0. The van der Waals surface area contributed by atoms with E-state index in [9.17, 15) is 9.59 Å². The molecular weight excluding hydrogens is 388 g/mol. The maximum absolute atomic E-state index is 13.0. The van der Waals surface area contributed by atoms with Gasteiger partial charge in [0.15, 0.2) is 11.6 Å². The van der Waals surface area contributed by atoms with Gasteiger partial charge in [0.1, 0.15) is 5.92 Å². The third kappa shape index (κ3) is 2.52. The van der Waals surface area contributed by atoms with Crippen LogP contribution < -0.4 is 0 Å². The summed E-state index contributed by atoms with van der Waals surface area (Å²) in [6.45, 7) is 2.01. The molecule has 5 rings (SSSR count). The molecule has 3 aliphatic rings. The molecule has 3 nitrogen and oxygen atoms in total. The SMILES string of the molecule is Cc1sc(Sc2ccc(Cl)cc2)cc1C1C(=O)[C@@H]2[C@H](C1=O)[C@H]1CC[C@@H]2O1. The third-order valence-corrected chi connectivity index (χ3v) is 8.22. The van der Waals surface area contributed by atoms with Crippen LogP contribution in [0.5, 0.6) is 0 Å². The number of halogens is 1. The van der Waals surface area contributed by atoms with Crippen LogP contribution in [0.25, 0.3) is 0 Å². The fraction of sp³-hybridized carbons (Fsp3) is 0.400. The number of rotatable bonds is 3. The minimum absolute atomic E-state index is 0.0340. The molecule has 5 atom stereocenters. The Morgan fingerprint density at radius 3 is 2.31 bits per heavy atom. The number of fused-ring (bicyclic) bond motifs is 5. The molecule has 2 aromatic rings. The van der Waals surface area contributed by atoms with Crippen molar-refractivity contribution in [3.63, 3.8) is 0 Å². The van der Waals surface area contributed by atoms with E-state index < -0.39 is 5.92 Å². The highest BCUT2D eigenvalue weighted by Gasteiger charge is 2.63. The van der Waals surface area contributed by atoms with E-state index in [1.807, 2.05) is 37.3 Å². The molecule has 6 heteroatoms. The molecule has 1 aromatic carbocycles. The van der Waals surface area contributed by atoms with Gasteiger partial charge in [0.25, 0.3) is 0 Å². The van der Waals surface area contributed by atoms with E-state index >= 15 is 0 Å². The van der Waals surface area contributed by atoms with E-state index in [-0.39, 0.29) is 35.6 Å². The lowest BCUT2D eigenvalue weighted by molar-refractivity contribution is -0.127. The van der Waals surface area contributed by atoms with Crippen molar-refractivity contribution in [2.45, 2.75) is 47.0 Å². The molecule has 0 radical (unpaired) electrons. The van der Waals surface area contributed by atoms with Crippen molar-refractivity contribution in [2.75, 3.05) is 0 Å². The summed E-state index contributed by atoms with van der Waals surface area (Å²) in [5.74, 6) is -0.851. The van der Waals surface area contributed by atoms with Gasteiger partial charge >= 0.3 is 0 Å². The van der Waals surface area contributed by atoms with Gasteiger partial charge in [-0.1, -0.05) is 23.4 Å². The topological polar surface area (TPSA) is 43.4 Å². The van der Waals surface area contributed by atoms with Crippen LogP contribution in [-0.2, 0) is 14.3 Å². The molecule has 26 heavy (non-hydrogen) atoms. The lowest BCUT2D eigenvalue weighted by Crippen LogP contribution is -2.29. The predicted octanol–water partition coefficient (Wildman–Crippen LogP) is 4.89. The Labute approximate surface area is 165 Å². The molecule has 2 aliphatic heterocycles. The van der Waals surface area contributed by atoms with Crippen LogP contribution >= 0.6 is 34.7 Å². The lowest BCUT2D eigenvalue weighted by Gasteiger charge is -2.16. The fourth-order valence-corrected chi connectivity index (χ4v) is 7.08. The Balaban J connectivity index is 1.44. The van der Waals surface area contributed by atoms with Crippen molar-refractivity contribution in [1.29, 1.82) is 0 Å². The summed E-state index contributed by atoms with van der Waals surface area (Å²) in [6.07, 6.45) is 1.76. The van der Waals surface area contributed by atoms with Crippen molar-refractivity contribution in [3.05, 3.63) is 45.8 Å². The number of benzene rings is 1. The van der Waals surface area contributed by atoms with Crippen LogP contribution in [-0.4, -0.2) is 23.8 Å². The Hall–Kier alpha value is -1.14. The van der Waals surface area contributed by atoms with Crippen molar-refractivity contribution in [3.8, 4) is 0 Å². The van der Waals surface area contributed by atoms with Gasteiger partial charge in [-0.2, -0.15) is 0 Å². The highest BCUT2D eigenvalue weighted by Crippen LogP contribution is 2.53. The normalized spacial score (nSPS) is 32.5. The maximum Gasteiger partial charge on any atom is 0.154 e. The molecule has 0 spiro atoms. The Kier molecular flexibility index (Phi) is 4.05. The molecule has 1 saturated carbocycles. The van der Waals surface area contributed by atoms with Gasteiger partial charge in [0.2, 0.25) is 0 Å². The molecule has 1 unspecified atom stereocenters. The Morgan fingerprint density at radius 1 is 1.08 bits per heavy atom. The second kappa shape index (κ2) is 6.20. The quantitative estimate of drug-likeness (QED) is 0.683. The number of thiophene rings is 1. The van der Waals surface area contributed by atoms with E-state index in [1.165, 1.54) is 0 Å². The van der Waals surface area contributed by atoms with Crippen molar-refractivity contribution in [1.82, 2.24) is 0 Å². The van der Waals surface area contributed by atoms with E-state index in [4.69, 9.17) is 16.3 Å². The largest absolute Gasteiger partial charge is 0.373 e. The molecule has 0 N–H and O–H groups in total. The second-order valence-corrected chi connectivity index (χ2v) is 10.3. The van der Waals surface area contributed by atoms with Crippen LogP contribution in [0.15, 0.2) is 39.4 Å². The highest BCUT2D eigenvalue weighted by atomic mass is 35.5. The third-order valence-electron chi connectivity index (χ3n) is 5.78. The number of carbonyl (C=O) groups excluding carboxylic acids is 2. The summed E-state index contributed by atoms with van der Waals surface area (Å²) in [5.41, 5.74) is 0.898. The zero-order valence-corrected chi connectivity index (χ0v) is 16.5. The number of Topliss-reactive ketones (excluding diaryl/α,β-unsaturated/α-hetero) is 2. The zero-order chi connectivity index (χ0) is 18.0. The monoisotopic (exact) mass is 404 g/mol. The zero-order valence-electron chi connectivity index (χ0n) is 14.1. The second-order valence-electron chi connectivity index (χ2n) is 7.21. The van der Waals surface area contributed by atoms with Crippen LogP contribution in [0.2, 0.25) is 5.02 Å². The molecule has 3 heterocycles. The minimum atomic E-state index is -0.590. The van der Waals surface area contributed by atoms with Gasteiger partial charge in [0, 0.05) is 14.8 Å². The summed E-state index contributed by atoms with van der Waals surface area (Å²) in [5, 5.41) is 0.711. The first-order valence-electron chi connectivity index (χ1n) is 8.79. The van der Waals surface area contributed by atoms with Gasteiger partial charge in [-0.25, -0.2) is 0 Å². The summed E-state index contributed by atoms with van der Waals surface area (Å²) >= 11 is 9.23.